The van der Waals surface area contributed by atoms with Crippen LogP contribution in [-0.2, 0) is 0 Å². The van der Waals surface area contributed by atoms with Crippen molar-refractivity contribution in [2.24, 2.45) is 11.8 Å². The van der Waals surface area contributed by atoms with Crippen LogP contribution in [0, 0.1) is 29.3 Å². The van der Waals surface area contributed by atoms with Crippen LogP contribution < -0.4 is 9.47 Å². The molecule has 0 spiro atoms. The van der Waals surface area contributed by atoms with Crippen LogP contribution in [0.1, 0.15) is 120 Å². The largest absolute Gasteiger partial charge is 0.493 e. The summed E-state index contributed by atoms with van der Waals surface area (Å²) in [6.45, 7) is 5.44. The van der Waals surface area contributed by atoms with E-state index in [1.165, 1.54) is 25.3 Å². The van der Waals surface area contributed by atoms with E-state index >= 15 is 8.78 Å². The van der Waals surface area contributed by atoms with Gasteiger partial charge in [-0.25, -0.2) is 13.2 Å². The van der Waals surface area contributed by atoms with E-state index in [9.17, 15) is 4.39 Å². The summed E-state index contributed by atoms with van der Waals surface area (Å²) < 4.78 is 56.1. The monoisotopic (exact) mass is 530 g/mol. The SMILES string of the molecule is CCCCCCCOc1ccc(OCC2CCC(c3ccc(C4CCC(C)CC4)c(F)c3F)CC2)cc1F. The summed E-state index contributed by atoms with van der Waals surface area (Å²) in [6.07, 6.45) is 13.1. The zero-order valence-electron chi connectivity index (χ0n) is 23.3. The average molecular weight is 531 g/mol. The molecule has 210 valence electrons. The number of unbranched alkanes of at least 4 members (excludes halogenated alkanes) is 4. The zero-order chi connectivity index (χ0) is 26.9. The first-order valence-electron chi connectivity index (χ1n) is 15.0. The molecule has 2 aliphatic carbocycles. The lowest BCUT2D eigenvalue weighted by Crippen LogP contribution is -2.20. The third-order valence-corrected chi connectivity index (χ3v) is 8.78. The van der Waals surface area contributed by atoms with Crippen molar-refractivity contribution in [2.45, 2.75) is 109 Å². The van der Waals surface area contributed by atoms with Crippen molar-refractivity contribution in [3.8, 4) is 11.5 Å². The molecule has 0 saturated heterocycles. The maximum atomic E-state index is 15.1. The molecule has 0 N–H and O–H groups in total. The Kier molecular flexibility index (Phi) is 10.8. The first-order chi connectivity index (χ1) is 18.5. The molecular weight excluding hydrogens is 485 g/mol. The van der Waals surface area contributed by atoms with E-state index in [-0.39, 0.29) is 17.6 Å². The number of benzene rings is 2. The molecule has 5 heteroatoms. The summed E-state index contributed by atoms with van der Waals surface area (Å²) in [7, 11) is 0. The summed E-state index contributed by atoms with van der Waals surface area (Å²) in [6, 6.07) is 8.48. The molecule has 0 aromatic heterocycles. The van der Waals surface area contributed by atoms with Crippen molar-refractivity contribution in [2.75, 3.05) is 13.2 Å². The number of hydrogen-bond donors (Lipinski definition) is 0. The fourth-order valence-electron chi connectivity index (χ4n) is 6.21. The van der Waals surface area contributed by atoms with E-state index in [0.717, 1.165) is 64.2 Å². The molecule has 2 saturated carbocycles. The molecule has 2 fully saturated rings. The van der Waals surface area contributed by atoms with Gasteiger partial charge >= 0.3 is 0 Å². The maximum Gasteiger partial charge on any atom is 0.168 e. The molecule has 2 aromatic rings. The van der Waals surface area contributed by atoms with Crippen LogP contribution >= 0.6 is 0 Å². The third kappa shape index (κ3) is 7.70. The molecule has 0 atom stereocenters. The molecule has 2 nitrogen and oxygen atoms in total. The Morgan fingerprint density at radius 2 is 1.32 bits per heavy atom. The van der Waals surface area contributed by atoms with E-state index in [1.54, 1.807) is 12.1 Å². The van der Waals surface area contributed by atoms with Gasteiger partial charge in [0.1, 0.15) is 5.75 Å². The Hall–Kier alpha value is -2.17. The van der Waals surface area contributed by atoms with Gasteiger partial charge in [-0.05, 0) is 91.9 Å². The third-order valence-electron chi connectivity index (χ3n) is 8.78. The number of rotatable bonds is 12. The van der Waals surface area contributed by atoms with Crippen molar-refractivity contribution >= 4 is 0 Å². The van der Waals surface area contributed by atoms with Gasteiger partial charge in [0.25, 0.3) is 0 Å². The molecule has 2 aliphatic rings. The van der Waals surface area contributed by atoms with Crippen molar-refractivity contribution < 1.29 is 22.6 Å². The Labute approximate surface area is 227 Å². The predicted octanol–water partition coefficient (Wildman–Crippen LogP) is 10.1. The molecule has 38 heavy (non-hydrogen) atoms. The lowest BCUT2D eigenvalue weighted by Gasteiger charge is -2.30. The van der Waals surface area contributed by atoms with Gasteiger partial charge in [0.15, 0.2) is 23.2 Å². The van der Waals surface area contributed by atoms with E-state index in [2.05, 4.69) is 13.8 Å². The Balaban J connectivity index is 1.22. The van der Waals surface area contributed by atoms with Gasteiger partial charge < -0.3 is 9.47 Å². The van der Waals surface area contributed by atoms with Crippen molar-refractivity contribution in [3.05, 3.63) is 58.9 Å². The minimum absolute atomic E-state index is 0.0389. The van der Waals surface area contributed by atoms with Crippen LogP contribution in [0.3, 0.4) is 0 Å². The number of hydrogen-bond acceptors (Lipinski definition) is 2. The van der Waals surface area contributed by atoms with Crippen molar-refractivity contribution in [1.29, 1.82) is 0 Å². The fourth-order valence-corrected chi connectivity index (χ4v) is 6.21. The first kappa shape index (κ1) is 28.8. The quantitative estimate of drug-likeness (QED) is 0.254. The molecule has 2 aromatic carbocycles. The van der Waals surface area contributed by atoms with Gasteiger partial charge in [0, 0.05) is 6.07 Å². The van der Waals surface area contributed by atoms with Gasteiger partial charge in [-0.3, -0.25) is 0 Å². The Bertz CT molecular complexity index is 1010. The molecule has 0 radical (unpaired) electrons. The summed E-state index contributed by atoms with van der Waals surface area (Å²) in [5.41, 5.74) is 1.09. The smallest absolute Gasteiger partial charge is 0.168 e. The molecule has 0 bridgehead atoms. The summed E-state index contributed by atoms with van der Waals surface area (Å²) in [5.74, 6) is 0.291. The van der Waals surface area contributed by atoms with Gasteiger partial charge in [-0.1, -0.05) is 64.5 Å². The molecule has 0 aliphatic heterocycles. The van der Waals surface area contributed by atoms with E-state index < -0.39 is 17.5 Å². The lowest BCUT2D eigenvalue weighted by molar-refractivity contribution is 0.198. The summed E-state index contributed by atoms with van der Waals surface area (Å²) in [4.78, 5) is 0. The second-order valence-electron chi connectivity index (χ2n) is 11.7. The minimum Gasteiger partial charge on any atom is -0.493 e. The molecular formula is C33H45F3O2. The standard InChI is InChI=1S/C33H45F3O2/c1-3-4-5-6-7-20-37-31-19-16-27(21-30(31)34)38-22-24-10-14-26(15-11-24)29-18-17-28(32(35)33(29)36)25-12-8-23(2)9-13-25/h16-19,21,23-26H,3-15,20,22H2,1-2H3. The van der Waals surface area contributed by atoms with Crippen LogP contribution in [0.2, 0.25) is 0 Å². The second-order valence-corrected chi connectivity index (χ2v) is 11.7. The van der Waals surface area contributed by atoms with Crippen LogP contribution in [0.15, 0.2) is 30.3 Å². The van der Waals surface area contributed by atoms with E-state index in [1.807, 2.05) is 12.1 Å². The van der Waals surface area contributed by atoms with Crippen LogP contribution in [-0.4, -0.2) is 13.2 Å². The van der Waals surface area contributed by atoms with Crippen LogP contribution in [0.5, 0.6) is 11.5 Å². The molecule has 0 heterocycles. The molecule has 0 amide bonds. The van der Waals surface area contributed by atoms with E-state index in [4.69, 9.17) is 9.47 Å². The van der Waals surface area contributed by atoms with Crippen molar-refractivity contribution in [3.63, 3.8) is 0 Å². The van der Waals surface area contributed by atoms with Crippen LogP contribution in [0.4, 0.5) is 13.2 Å². The Morgan fingerprint density at radius 3 is 1.92 bits per heavy atom. The summed E-state index contributed by atoms with van der Waals surface area (Å²) in [5, 5.41) is 0. The normalized spacial score (nSPS) is 23.8. The van der Waals surface area contributed by atoms with Gasteiger partial charge in [0.05, 0.1) is 13.2 Å². The Morgan fingerprint density at radius 1 is 0.711 bits per heavy atom. The van der Waals surface area contributed by atoms with Gasteiger partial charge in [-0.15, -0.1) is 0 Å². The highest BCUT2D eigenvalue weighted by molar-refractivity contribution is 5.33. The first-order valence-corrected chi connectivity index (χ1v) is 15.0. The van der Waals surface area contributed by atoms with Gasteiger partial charge in [0.2, 0.25) is 0 Å². The molecule has 0 unspecified atom stereocenters. The highest BCUT2D eigenvalue weighted by atomic mass is 19.2. The van der Waals surface area contributed by atoms with Gasteiger partial charge in [-0.2, -0.15) is 0 Å². The zero-order valence-corrected chi connectivity index (χ0v) is 23.3. The second kappa shape index (κ2) is 14.3. The average Bonchev–Trinajstić information content (AvgIpc) is 2.93. The lowest BCUT2D eigenvalue weighted by atomic mass is 9.76. The topological polar surface area (TPSA) is 18.5 Å². The van der Waals surface area contributed by atoms with E-state index in [0.29, 0.717) is 41.9 Å². The number of halogens is 3. The number of ether oxygens (including phenoxy) is 2. The highest BCUT2D eigenvalue weighted by Crippen LogP contribution is 2.41. The van der Waals surface area contributed by atoms with Crippen LogP contribution in [0.25, 0.3) is 0 Å². The predicted molar refractivity (Wildman–Crippen MR) is 148 cm³/mol. The fraction of sp³-hybridized carbons (Fsp3) is 0.636. The highest BCUT2D eigenvalue weighted by Gasteiger charge is 2.29. The minimum atomic E-state index is -0.639. The summed E-state index contributed by atoms with van der Waals surface area (Å²) >= 11 is 0. The molecule has 4 rings (SSSR count). The van der Waals surface area contributed by atoms with Crippen molar-refractivity contribution in [1.82, 2.24) is 0 Å². The maximum absolute atomic E-state index is 15.1.